The first-order valence-corrected chi connectivity index (χ1v) is 3.79. The number of carboxylic acid groups (broad SMARTS) is 1. The summed E-state index contributed by atoms with van der Waals surface area (Å²) in [7, 11) is 0. The Hall–Kier alpha value is -1.55. The van der Waals surface area contributed by atoms with Crippen molar-refractivity contribution in [2.75, 3.05) is 5.73 Å². The average Bonchev–Trinajstić information content (AvgIpc) is 2.03. The molecule has 0 saturated carbocycles. The minimum atomic E-state index is -1.54. The molecule has 0 spiro atoms. The van der Waals surface area contributed by atoms with Crippen molar-refractivity contribution >= 4 is 11.7 Å². The van der Waals surface area contributed by atoms with Crippen LogP contribution in [0.1, 0.15) is 17.2 Å². The molecule has 1 atom stereocenters. The summed E-state index contributed by atoms with van der Waals surface area (Å²) in [5, 5.41) is 17.7. The standard InChI is InChI=1S/C9H11NO3/c1-5-2-3-6(7(10)4-5)8(11)9(12)13/h2-4,8,11H,10H2,1H3,(H,12,13). The summed E-state index contributed by atoms with van der Waals surface area (Å²) in [6.45, 7) is 1.84. The summed E-state index contributed by atoms with van der Waals surface area (Å²) in [5.41, 5.74) is 7.00. The quantitative estimate of drug-likeness (QED) is 0.586. The molecule has 1 rings (SSSR count). The van der Waals surface area contributed by atoms with Gasteiger partial charge < -0.3 is 15.9 Å². The molecule has 1 aromatic rings. The zero-order chi connectivity index (χ0) is 10.0. The second-order valence-corrected chi connectivity index (χ2v) is 2.87. The lowest BCUT2D eigenvalue weighted by molar-refractivity contribution is -0.146. The number of aliphatic hydroxyl groups excluding tert-OH is 1. The van der Waals surface area contributed by atoms with Crippen LogP contribution in [0.15, 0.2) is 18.2 Å². The lowest BCUT2D eigenvalue weighted by atomic mass is 10.1. The van der Waals surface area contributed by atoms with E-state index >= 15 is 0 Å². The number of nitrogens with two attached hydrogens (primary N) is 1. The second-order valence-electron chi connectivity index (χ2n) is 2.87. The number of hydrogen-bond donors (Lipinski definition) is 3. The number of aryl methyl sites for hydroxylation is 1. The Morgan fingerprint density at radius 1 is 1.54 bits per heavy atom. The van der Waals surface area contributed by atoms with Crippen molar-refractivity contribution < 1.29 is 15.0 Å². The molecule has 70 valence electrons. The number of aliphatic hydroxyl groups is 1. The SMILES string of the molecule is Cc1ccc(C(O)C(=O)O)c(N)c1. The maximum atomic E-state index is 10.4. The number of aliphatic carboxylic acids is 1. The van der Waals surface area contributed by atoms with Gasteiger partial charge in [0.05, 0.1) is 0 Å². The van der Waals surface area contributed by atoms with E-state index in [4.69, 9.17) is 10.8 Å². The summed E-state index contributed by atoms with van der Waals surface area (Å²) < 4.78 is 0. The van der Waals surface area contributed by atoms with E-state index in [1.807, 2.05) is 6.92 Å². The third-order valence-electron chi connectivity index (χ3n) is 1.77. The highest BCUT2D eigenvalue weighted by atomic mass is 16.4. The highest BCUT2D eigenvalue weighted by Crippen LogP contribution is 2.21. The Labute approximate surface area is 75.6 Å². The van der Waals surface area contributed by atoms with Gasteiger partial charge in [-0.25, -0.2) is 4.79 Å². The van der Waals surface area contributed by atoms with Gasteiger partial charge in [-0.1, -0.05) is 12.1 Å². The molecule has 0 saturated heterocycles. The summed E-state index contributed by atoms with van der Waals surface area (Å²) in [5.74, 6) is -1.30. The van der Waals surface area contributed by atoms with E-state index in [0.29, 0.717) is 5.69 Å². The van der Waals surface area contributed by atoms with Gasteiger partial charge in [-0.2, -0.15) is 0 Å². The van der Waals surface area contributed by atoms with Gasteiger partial charge in [0.2, 0.25) is 0 Å². The molecule has 0 bridgehead atoms. The number of nitrogen functional groups attached to an aromatic ring is 1. The van der Waals surface area contributed by atoms with Crippen LogP contribution in [0.25, 0.3) is 0 Å². The zero-order valence-corrected chi connectivity index (χ0v) is 7.19. The van der Waals surface area contributed by atoms with E-state index in [9.17, 15) is 9.90 Å². The average molecular weight is 181 g/mol. The molecule has 4 heteroatoms. The highest BCUT2D eigenvalue weighted by Gasteiger charge is 2.17. The van der Waals surface area contributed by atoms with Crippen molar-refractivity contribution in [1.29, 1.82) is 0 Å². The van der Waals surface area contributed by atoms with Crippen LogP contribution in [0.2, 0.25) is 0 Å². The molecule has 0 aliphatic rings. The fraction of sp³-hybridized carbons (Fsp3) is 0.222. The molecule has 1 unspecified atom stereocenters. The van der Waals surface area contributed by atoms with Gasteiger partial charge >= 0.3 is 5.97 Å². The molecule has 1 aromatic carbocycles. The van der Waals surface area contributed by atoms with E-state index in [1.165, 1.54) is 6.07 Å². The smallest absolute Gasteiger partial charge is 0.337 e. The Bertz CT molecular complexity index is 336. The fourth-order valence-corrected chi connectivity index (χ4v) is 1.08. The third kappa shape index (κ3) is 1.97. The Morgan fingerprint density at radius 3 is 2.62 bits per heavy atom. The predicted molar refractivity (Wildman–Crippen MR) is 48.2 cm³/mol. The first kappa shape index (κ1) is 9.54. The molecule has 0 aromatic heterocycles. The highest BCUT2D eigenvalue weighted by molar-refractivity contribution is 5.76. The topological polar surface area (TPSA) is 83.5 Å². The fourth-order valence-electron chi connectivity index (χ4n) is 1.08. The normalized spacial score (nSPS) is 12.5. The number of carbonyl (C=O) groups is 1. The van der Waals surface area contributed by atoms with Gasteiger partial charge in [-0.3, -0.25) is 0 Å². The van der Waals surface area contributed by atoms with Gasteiger partial charge in [-0.15, -0.1) is 0 Å². The first-order chi connectivity index (χ1) is 6.02. The van der Waals surface area contributed by atoms with Crippen molar-refractivity contribution in [3.05, 3.63) is 29.3 Å². The molecule has 4 nitrogen and oxygen atoms in total. The monoisotopic (exact) mass is 181 g/mol. The number of hydrogen-bond acceptors (Lipinski definition) is 3. The van der Waals surface area contributed by atoms with Gasteiger partial charge in [0.25, 0.3) is 0 Å². The second kappa shape index (κ2) is 3.45. The lowest BCUT2D eigenvalue weighted by Crippen LogP contribution is -2.12. The van der Waals surface area contributed by atoms with Crippen molar-refractivity contribution in [1.82, 2.24) is 0 Å². The van der Waals surface area contributed by atoms with Gasteiger partial charge in [0.1, 0.15) is 0 Å². The van der Waals surface area contributed by atoms with Crippen LogP contribution in [-0.2, 0) is 4.79 Å². The van der Waals surface area contributed by atoms with Crippen LogP contribution in [-0.4, -0.2) is 16.2 Å². The van der Waals surface area contributed by atoms with Crippen LogP contribution in [0.3, 0.4) is 0 Å². The van der Waals surface area contributed by atoms with E-state index in [1.54, 1.807) is 12.1 Å². The van der Waals surface area contributed by atoms with Crippen molar-refractivity contribution in [3.8, 4) is 0 Å². The minimum Gasteiger partial charge on any atom is -0.479 e. The summed E-state index contributed by atoms with van der Waals surface area (Å²) in [4.78, 5) is 10.4. The molecule has 0 aliphatic heterocycles. The van der Waals surface area contributed by atoms with Crippen molar-refractivity contribution in [3.63, 3.8) is 0 Å². The largest absolute Gasteiger partial charge is 0.479 e. The van der Waals surface area contributed by atoms with Crippen LogP contribution in [0.5, 0.6) is 0 Å². The maximum absolute atomic E-state index is 10.4. The summed E-state index contributed by atoms with van der Waals surface area (Å²) in [6.07, 6.45) is -1.54. The van der Waals surface area contributed by atoms with Gasteiger partial charge in [0.15, 0.2) is 6.10 Å². The van der Waals surface area contributed by atoms with E-state index in [0.717, 1.165) is 5.56 Å². The Balaban J connectivity index is 3.08. The molecule has 0 aliphatic carbocycles. The van der Waals surface area contributed by atoms with Crippen LogP contribution >= 0.6 is 0 Å². The maximum Gasteiger partial charge on any atom is 0.337 e. The van der Waals surface area contributed by atoms with Crippen LogP contribution < -0.4 is 5.73 Å². The molecule has 0 amide bonds. The molecule has 4 N–H and O–H groups in total. The van der Waals surface area contributed by atoms with Gasteiger partial charge in [0, 0.05) is 11.3 Å². The Morgan fingerprint density at radius 2 is 2.15 bits per heavy atom. The van der Waals surface area contributed by atoms with Crippen LogP contribution in [0.4, 0.5) is 5.69 Å². The number of benzene rings is 1. The summed E-state index contributed by atoms with van der Waals surface area (Å²) in [6, 6.07) is 4.85. The first-order valence-electron chi connectivity index (χ1n) is 3.79. The predicted octanol–water partition coefficient (Wildman–Crippen LogP) is 0.695. The number of anilines is 1. The molecule has 0 fully saturated rings. The van der Waals surface area contributed by atoms with Crippen LogP contribution in [0, 0.1) is 6.92 Å². The Kier molecular flexibility index (Phi) is 2.53. The summed E-state index contributed by atoms with van der Waals surface area (Å²) >= 11 is 0. The lowest BCUT2D eigenvalue weighted by Gasteiger charge is -2.09. The molecular weight excluding hydrogens is 170 g/mol. The van der Waals surface area contributed by atoms with E-state index < -0.39 is 12.1 Å². The minimum absolute atomic E-state index is 0.234. The van der Waals surface area contributed by atoms with Gasteiger partial charge in [-0.05, 0) is 18.6 Å². The molecule has 0 heterocycles. The third-order valence-corrected chi connectivity index (χ3v) is 1.77. The van der Waals surface area contributed by atoms with E-state index in [2.05, 4.69) is 0 Å². The van der Waals surface area contributed by atoms with Crippen molar-refractivity contribution in [2.45, 2.75) is 13.0 Å². The molecule has 0 radical (unpaired) electrons. The molecular formula is C9H11NO3. The van der Waals surface area contributed by atoms with Crippen molar-refractivity contribution in [2.24, 2.45) is 0 Å². The zero-order valence-electron chi connectivity index (χ0n) is 7.19. The molecule has 13 heavy (non-hydrogen) atoms. The van der Waals surface area contributed by atoms with E-state index in [-0.39, 0.29) is 5.56 Å². The number of carboxylic acids is 1. The number of rotatable bonds is 2.